The van der Waals surface area contributed by atoms with Gasteiger partial charge in [-0.15, -0.1) is 0 Å². The van der Waals surface area contributed by atoms with Crippen LogP contribution in [0, 0.1) is 0 Å². The molecule has 8 heteroatoms. The van der Waals surface area contributed by atoms with E-state index in [4.69, 9.17) is 0 Å². The second kappa shape index (κ2) is 8.52. The molecular weight excluding hydrogens is 384 g/mol. The van der Waals surface area contributed by atoms with Crippen molar-refractivity contribution in [1.29, 1.82) is 0 Å². The fourth-order valence-electron chi connectivity index (χ4n) is 3.16. The van der Waals surface area contributed by atoms with E-state index in [1.54, 1.807) is 24.3 Å². The second-order valence-corrected chi connectivity index (χ2v) is 10.6. The van der Waals surface area contributed by atoms with E-state index in [0.29, 0.717) is 19.5 Å². The van der Waals surface area contributed by atoms with Gasteiger partial charge in [-0.25, -0.2) is 13.1 Å². The topological polar surface area (TPSA) is 83.5 Å². The highest BCUT2D eigenvalue weighted by Gasteiger charge is 2.26. The minimum Gasteiger partial charge on any atom is -0.228 e. The van der Waals surface area contributed by atoms with E-state index in [1.165, 1.54) is 9.87 Å². The number of sulfone groups is 1. The Kier molecular flexibility index (Phi) is 6.31. The molecule has 0 saturated carbocycles. The lowest BCUT2D eigenvalue weighted by Gasteiger charge is -2.28. The molecule has 3 rings (SSSR count). The van der Waals surface area contributed by atoms with Crippen LogP contribution in [0.3, 0.4) is 0 Å². The Hall–Kier alpha value is -1.74. The van der Waals surface area contributed by atoms with E-state index in [0.717, 1.165) is 11.1 Å². The quantitative estimate of drug-likeness (QED) is 0.676. The first-order valence-electron chi connectivity index (χ1n) is 8.92. The highest BCUT2D eigenvalue weighted by Crippen LogP contribution is 2.20. The number of benzene rings is 2. The predicted molar refractivity (Wildman–Crippen MR) is 106 cm³/mol. The maximum atomic E-state index is 12.5. The molecule has 1 aliphatic heterocycles. The Morgan fingerprint density at radius 2 is 1.56 bits per heavy atom. The molecule has 1 N–H and O–H groups in total. The second-order valence-electron chi connectivity index (χ2n) is 6.68. The summed E-state index contributed by atoms with van der Waals surface area (Å²) in [5, 5.41) is 0. The molecule has 1 aliphatic rings. The van der Waals surface area contributed by atoms with E-state index in [2.05, 4.69) is 4.72 Å². The molecular formula is C19H24N2O4S2. The van der Waals surface area contributed by atoms with Crippen molar-refractivity contribution in [3.05, 3.63) is 71.3 Å². The number of rotatable bonds is 8. The van der Waals surface area contributed by atoms with Crippen LogP contribution < -0.4 is 4.72 Å². The van der Waals surface area contributed by atoms with Gasteiger partial charge in [0.25, 0.3) is 10.2 Å². The molecule has 0 fully saturated rings. The van der Waals surface area contributed by atoms with Crippen molar-refractivity contribution in [2.75, 3.05) is 18.8 Å². The van der Waals surface area contributed by atoms with Crippen molar-refractivity contribution in [3.8, 4) is 0 Å². The van der Waals surface area contributed by atoms with Crippen molar-refractivity contribution in [2.24, 2.45) is 0 Å². The van der Waals surface area contributed by atoms with Gasteiger partial charge in [-0.05, 0) is 29.5 Å². The van der Waals surface area contributed by atoms with Crippen molar-refractivity contribution in [2.45, 2.75) is 25.1 Å². The third-order valence-electron chi connectivity index (χ3n) is 4.58. The van der Waals surface area contributed by atoms with Gasteiger partial charge >= 0.3 is 0 Å². The minimum atomic E-state index is -3.61. The maximum Gasteiger partial charge on any atom is 0.279 e. The summed E-state index contributed by atoms with van der Waals surface area (Å²) in [6.45, 7) is 0.880. The molecule has 2 aromatic carbocycles. The normalized spacial score (nSPS) is 15.4. The molecule has 0 radical (unpaired) electrons. The van der Waals surface area contributed by atoms with Crippen molar-refractivity contribution >= 4 is 20.0 Å². The first-order chi connectivity index (χ1) is 12.9. The summed E-state index contributed by atoms with van der Waals surface area (Å²) >= 11 is 0. The minimum absolute atomic E-state index is 0.0243. The summed E-state index contributed by atoms with van der Waals surface area (Å²) in [4.78, 5) is 0. The van der Waals surface area contributed by atoms with Crippen LogP contribution in [0.25, 0.3) is 0 Å². The summed E-state index contributed by atoms with van der Waals surface area (Å²) in [6, 6.07) is 16.8. The molecule has 1 heterocycles. The van der Waals surface area contributed by atoms with Gasteiger partial charge in [0.1, 0.15) is 0 Å². The van der Waals surface area contributed by atoms with Gasteiger partial charge in [0.05, 0.1) is 11.5 Å². The largest absolute Gasteiger partial charge is 0.279 e. The van der Waals surface area contributed by atoms with Crippen LogP contribution in [0.2, 0.25) is 0 Å². The van der Waals surface area contributed by atoms with Crippen LogP contribution in [0.1, 0.15) is 23.1 Å². The van der Waals surface area contributed by atoms with Crippen molar-refractivity contribution in [3.63, 3.8) is 0 Å². The summed E-state index contributed by atoms with van der Waals surface area (Å²) in [5.74, 6) is -0.0727. The molecule has 0 saturated heterocycles. The zero-order valence-electron chi connectivity index (χ0n) is 15.0. The smallest absolute Gasteiger partial charge is 0.228 e. The lowest BCUT2D eigenvalue weighted by molar-refractivity contribution is 0.384. The van der Waals surface area contributed by atoms with Crippen LogP contribution >= 0.6 is 0 Å². The highest BCUT2D eigenvalue weighted by molar-refractivity contribution is 7.90. The van der Waals surface area contributed by atoms with E-state index in [1.807, 2.05) is 30.3 Å². The highest BCUT2D eigenvalue weighted by atomic mass is 32.2. The van der Waals surface area contributed by atoms with E-state index in [9.17, 15) is 16.8 Å². The zero-order valence-corrected chi connectivity index (χ0v) is 16.7. The molecule has 27 heavy (non-hydrogen) atoms. The number of nitrogens with zero attached hydrogens (tertiary/aromatic N) is 1. The van der Waals surface area contributed by atoms with E-state index < -0.39 is 20.0 Å². The van der Waals surface area contributed by atoms with Gasteiger partial charge in [0, 0.05) is 19.6 Å². The van der Waals surface area contributed by atoms with Crippen molar-refractivity contribution < 1.29 is 16.8 Å². The standard InChI is InChI=1S/C19H24N2O4S2/c22-26(23,16-17-7-2-1-3-8-17)14-6-12-20-27(24,25)21-13-11-18-9-4-5-10-19(18)15-21/h1-5,7-10,20H,6,11-16H2. The lowest BCUT2D eigenvalue weighted by Crippen LogP contribution is -2.43. The molecule has 6 nitrogen and oxygen atoms in total. The van der Waals surface area contributed by atoms with Gasteiger partial charge in [-0.1, -0.05) is 54.6 Å². The molecule has 0 unspecified atom stereocenters. The number of nitrogens with one attached hydrogen (secondary N) is 1. The summed E-state index contributed by atoms with van der Waals surface area (Å²) in [6.07, 6.45) is 0.932. The zero-order chi connectivity index (χ0) is 19.3. The monoisotopic (exact) mass is 408 g/mol. The summed E-state index contributed by atoms with van der Waals surface area (Å²) < 4.78 is 53.2. The Morgan fingerprint density at radius 1 is 0.889 bits per heavy atom. The first-order valence-corrected chi connectivity index (χ1v) is 12.2. The Bertz CT molecular complexity index is 974. The molecule has 146 valence electrons. The lowest BCUT2D eigenvalue weighted by atomic mass is 10.0. The van der Waals surface area contributed by atoms with Gasteiger partial charge in [-0.2, -0.15) is 12.7 Å². The Labute approximate surface area is 161 Å². The number of hydrogen-bond acceptors (Lipinski definition) is 4. The van der Waals surface area contributed by atoms with Crippen LogP contribution in [-0.2, 0) is 38.8 Å². The van der Waals surface area contributed by atoms with Crippen LogP contribution in [0.4, 0.5) is 0 Å². The first kappa shape index (κ1) is 20.0. The Balaban J connectivity index is 1.48. The molecule has 0 bridgehead atoms. The molecule has 0 aliphatic carbocycles. The summed E-state index contributed by atoms with van der Waals surface area (Å²) in [5.41, 5.74) is 2.93. The van der Waals surface area contributed by atoms with E-state index >= 15 is 0 Å². The molecule has 0 spiro atoms. The van der Waals surface area contributed by atoms with Crippen molar-refractivity contribution in [1.82, 2.24) is 9.03 Å². The van der Waals surface area contributed by atoms with Gasteiger partial charge in [-0.3, -0.25) is 0 Å². The van der Waals surface area contributed by atoms with Crippen LogP contribution in [-0.4, -0.2) is 40.0 Å². The average molecular weight is 409 g/mol. The molecule has 0 amide bonds. The fourth-order valence-corrected chi connectivity index (χ4v) is 5.81. The van der Waals surface area contributed by atoms with Gasteiger partial charge in [0.2, 0.25) is 0 Å². The third-order valence-corrected chi connectivity index (χ3v) is 7.83. The third kappa shape index (κ3) is 5.62. The molecule has 0 atom stereocenters. The number of fused-ring (bicyclic) bond motifs is 1. The van der Waals surface area contributed by atoms with Gasteiger partial charge in [0.15, 0.2) is 9.84 Å². The Morgan fingerprint density at radius 3 is 2.30 bits per heavy atom. The maximum absolute atomic E-state index is 12.5. The van der Waals surface area contributed by atoms with Gasteiger partial charge < -0.3 is 0 Å². The summed E-state index contributed by atoms with van der Waals surface area (Å²) in [7, 11) is -6.88. The molecule has 2 aromatic rings. The predicted octanol–water partition coefficient (Wildman–Crippen LogP) is 1.88. The van der Waals surface area contributed by atoms with E-state index in [-0.39, 0.29) is 24.5 Å². The van der Waals surface area contributed by atoms with Crippen LogP contribution in [0.15, 0.2) is 54.6 Å². The average Bonchev–Trinajstić information content (AvgIpc) is 2.65. The van der Waals surface area contributed by atoms with Crippen LogP contribution in [0.5, 0.6) is 0 Å². The molecule has 0 aromatic heterocycles. The fraction of sp³-hybridized carbons (Fsp3) is 0.368. The number of hydrogen-bond donors (Lipinski definition) is 1. The SMILES string of the molecule is O=S(=O)(CCCNS(=O)(=O)N1CCc2ccccc2C1)Cc1ccccc1.